The van der Waals surface area contributed by atoms with Crippen molar-refractivity contribution < 1.29 is 14.6 Å². The molecule has 2 aliphatic heterocycles. The number of hydrogen-bond acceptors (Lipinski definition) is 4. The molecule has 2 aromatic rings. The van der Waals surface area contributed by atoms with Crippen LogP contribution in [0.1, 0.15) is 50.0 Å². The first-order valence-electron chi connectivity index (χ1n) is 12.0. The van der Waals surface area contributed by atoms with Crippen LogP contribution in [0, 0.1) is 0 Å². The Morgan fingerprint density at radius 3 is 2.25 bits per heavy atom. The van der Waals surface area contributed by atoms with Gasteiger partial charge in [-0.15, -0.1) is 0 Å². The van der Waals surface area contributed by atoms with Crippen molar-refractivity contribution in [2.45, 2.75) is 56.5 Å². The van der Waals surface area contributed by atoms with Gasteiger partial charge in [0.05, 0.1) is 0 Å². The molecule has 2 heterocycles. The van der Waals surface area contributed by atoms with E-state index in [0.717, 1.165) is 31.6 Å². The number of carbonyl (C=O) groups is 1. The van der Waals surface area contributed by atoms with E-state index in [-0.39, 0.29) is 11.9 Å². The summed E-state index contributed by atoms with van der Waals surface area (Å²) in [7, 11) is 0. The zero-order valence-electron chi connectivity index (χ0n) is 18.6. The number of piperidine rings is 1. The molecule has 2 unspecified atom stereocenters. The first-order valence-corrected chi connectivity index (χ1v) is 12.0. The molecule has 1 saturated carbocycles. The molecule has 0 aromatic heterocycles. The van der Waals surface area contributed by atoms with Crippen molar-refractivity contribution >= 4 is 11.6 Å². The van der Waals surface area contributed by atoms with Gasteiger partial charge in [0, 0.05) is 30.9 Å². The van der Waals surface area contributed by atoms with Crippen molar-refractivity contribution in [2.75, 3.05) is 24.6 Å². The maximum absolute atomic E-state index is 13.3. The van der Waals surface area contributed by atoms with Crippen LogP contribution >= 0.6 is 0 Å². The van der Waals surface area contributed by atoms with Crippen molar-refractivity contribution in [1.29, 1.82) is 0 Å². The normalized spacial score (nSPS) is 24.6. The van der Waals surface area contributed by atoms with Gasteiger partial charge in [-0.05, 0) is 55.4 Å². The molecule has 5 heteroatoms. The average molecular weight is 433 g/mol. The van der Waals surface area contributed by atoms with Crippen molar-refractivity contribution in [3.8, 4) is 0 Å². The molecule has 0 spiro atoms. The van der Waals surface area contributed by atoms with Crippen molar-refractivity contribution in [2.24, 2.45) is 0 Å². The maximum atomic E-state index is 13.3. The van der Waals surface area contributed by atoms with Crippen molar-refractivity contribution in [1.82, 2.24) is 4.90 Å². The Kier molecular flexibility index (Phi) is 6.56. The Morgan fingerprint density at radius 2 is 1.56 bits per heavy atom. The average Bonchev–Trinajstić information content (AvgIpc) is 3.41. The SMILES string of the molecule is O=C(C1=CCOO1)N(c1ccccc1)C1CCN(C2CCCCC2c2ccccc2)CC1. The fourth-order valence-electron chi connectivity index (χ4n) is 5.68. The predicted octanol–water partition coefficient (Wildman–Crippen LogP) is 5.06. The zero-order valence-corrected chi connectivity index (χ0v) is 18.6. The van der Waals surface area contributed by atoms with Gasteiger partial charge in [-0.3, -0.25) is 9.69 Å². The molecular formula is C27H32N2O3. The minimum atomic E-state index is -0.105. The molecule has 2 fully saturated rings. The van der Waals surface area contributed by atoms with Gasteiger partial charge in [-0.25, -0.2) is 0 Å². The van der Waals surface area contributed by atoms with Gasteiger partial charge in [0.1, 0.15) is 6.61 Å². The zero-order chi connectivity index (χ0) is 21.8. The second-order valence-corrected chi connectivity index (χ2v) is 9.08. The van der Waals surface area contributed by atoms with Crippen molar-refractivity contribution in [3.05, 3.63) is 78.1 Å². The van der Waals surface area contributed by atoms with Crippen LogP contribution in [0.2, 0.25) is 0 Å². The van der Waals surface area contributed by atoms with E-state index in [9.17, 15) is 4.79 Å². The lowest BCUT2D eigenvalue weighted by Gasteiger charge is -2.45. The lowest BCUT2D eigenvalue weighted by molar-refractivity contribution is -0.233. The second kappa shape index (κ2) is 9.88. The Labute approximate surface area is 190 Å². The highest BCUT2D eigenvalue weighted by molar-refractivity contribution is 6.04. The molecule has 1 saturated heterocycles. The van der Waals surface area contributed by atoms with Crippen LogP contribution in [0.5, 0.6) is 0 Å². The van der Waals surface area contributed by atoms with Gasteiger partial charge in [-0.2, -0.15) is 4.89 Å². The predicted molar refractivity (Wildman–Crippen MR) is 125 cm³/mol. The molecule has 168 valence electrons. The summed E-state index contributed by atoms with van der Waals surface area (Å²) in [6.45, 7) is 2.36. The van der Waals surface area contributed by atoms with E-state index in [4.69, 9.17) is 9.78 Å². The fraction of sp³-hybridized carbons (Fsp3) is 0.444. The van der Waals surface area contributed by atoms with E-state index < -0.39 is 0 Å². The minimum absolute atomic E-state index is 0.105. The topological polar surface area (TPSA) is 42.0 Å². The molecule has 5 rings (SSSR count). The lowest BCUT2D eigenvalue weighted by Crippen LogP contribution is -2.52. The number of benzene rings is 2. The van der Waals surface area contributed by atoms with Crippen LogP contribution in [0.25, 0.3) is 0 Å². The molecular weight excluding hydrogens is 400 g/mol. The number of likely N-dealkylation sites (tertiary alicyclic amines) is 1. The molecule has 0 bridgehead atoms. The first-order chi connectivity index (χ1) is 15.8. The van der Waals surface area contributed by atoms with E-state index in [2.05, 4.69) is 35.2 Å². The molecule has 2 aromatic carbocycles. The number of carbonyl (C=O) groups excluding carboxylic acids is 1. The largest absolute Gasteiger partial charge is 0.332 e. The van der Waals surface area contributed by atoms with Crippen LogP contribution in [0.4, 0.5) is 5.69 Å². The summed E-state index contributed by atoms with van der Waals surface area (Å²) in [6.07, 6.45) is 8.83. The van der Waals surface area contributed by atoms with Crippen LogP contribution in [0.3, 0.4) is 0 Å². The Hall–Kier alpha value is -2.63. The quantitative estimate of drug-likeness (QED) is 0.620. The van der Waals surface area contributed by atoms with Gasteiger partial charge in [0.25, 0.3) is 5.91 Å². The van der Waals surface area contributed by atoms with Crippen LogP contribution in [0.15, 0.2) is 72.5 Å². The summed E-state index contributed by atoms with van der Waals surface area (Å²) in [5.74, 6) is 0.808. The van der Waals surface area contributed by atoms with Crippen LogP contribution in [-0.2, 0) is 14.6 Å². The number of amides is 1. The highest BCUT2D eigenvalue weighted by Gasteiger charge is 2.37. The molecule has 5 nitrogen and oxygen atoms in total. The van der Waals surface area contributed by atoms with E-state index in [1.54, 1.807) is 6.08 Å². The van der Waals surface area contributed by atoms with E-state index >= 15 is 0 Å². The molecule has 32 heavy (non-hydrogen) atoms. The maximum Gasteiger partial charge on any atom is 0.297 e. The van der Waals surface area contributed by atoms with Crippen LogP contribution < -0.4 is 4.90 Å². The minimum Gasteiger partial charge on any atom is -0.332 e. The Bertz CT molecular complexity index is 922. The van der Waals surface area contributed by atoms with Gasteiger partial charge in [-0.1, -0.05) is 61.4 Å². The number of anilines is 1. The molecule has 1 amide bonds. The molecule has 0 radical (unpaired) electrons. The number of nitrogens with zero attached hydrogens (tertiary/aromatic N) is 2. The fourth-order valence-corrected chi connectivity index (χ4v) is 5.68. The summed E-state index contributed by atoms with van der Waals surface area (Å²) < 4.78 is 0. The third kappa shape index (κ3) is 4.45. The first kappa shape index (κ1) is 21.2. The molecule has 0 N–H and O–H groups in total. The summed E-state index contributed by atoms with van der Waals surface area (Å²) in [5.41, 5.74) is 2.40. The van der Waals surface area contributed by atoms with E-state index in [1.807, 2.05) is 35.2 Å². The van der Waals surface area contributed by atoms with Gasteiger partial charge in [0.2, 0.25) is 5.76 Å². The van der Waals surface area contributed by atoms with E-state index in [0.29, 0.717) is 24.3 Å². The molecule has 3 aliphatic rings. The van der Waals surface area contributed by atoms with Gasteiger partial charge < -0.3 is 9.79 Å². The second-order valence-electron chi connectivity index (χ2n) is 9.08. The molecule has 2 atom stereocenters. The van der Waals surface area contributed by atoms with Crippen molar-refractivity contribution in [3.63, 3.8) is 0 Å². The highest BCUT2D eigenvalue weighted by Crippen LogP contribution is 2.38. The lowest BCUT2D eigenvalue weighted by atomic mass is 9.78. The third-order valence-electron chi connectivity index (χ3n) is 7.24. The Morgan fingerprint density at radius 1 is 0.875 bits per heavy atom. The number of hydrogen-bond donors (Lipinski definition) is 0. The standard InChI is InChI=1S/C27H32N2O3/c30-27(26-17-20-31-32-26)29(22-11-5-2-6-12-22)23-15-18-28(19-16-23)25-14-8-7-13-24(25)21-9-3-1-4-10-21/h1-6,9-12,17,23-25H,7-8,13-16,18-20H2. The summed E-state index contributed by atoms with van der Waals surface area (Å²) in [5, 5.41) is 0. The monoisotopic (exact) mass is 432 g/mol. The smallest absolute Gasteiger partial charge is 0.297 e. The van der Waals surface area contributed by atoms with E-state index in [1.165, 1.54) is 31.2 Å². The Balaban J connectivity index is 1.31. The summed E-state index contributed by atoms with van der Waals surface area (Å²) in [6, 6.07) is 21.8. The summed E-state index contributed by atoms with van der Waals surface area (Å²) >= 11 is 0. The number of para-hydroxylation sites is 1. The highest BCUT2D eigenvalue weighted by atomic mass is 17.2. The summed E-state index contributed by atoms with van der Waals surface area (Å²) in [4.78, 5) is 28.0. The third-order valence-corrected chi connectivity index (χ3v) is 7.24. The molecule has 1 aliphatic carbocycles. The van der Waals surface area contributed by atoms with Gasteiger partial charge >= 0.3 is 0 Å². The van der Waals surface area contributed by atoms with Crippen LogP contribution in [-0.4, -0.2) is 42.6 Å². The number of rotatable bonds is 5. The van der Waals surface area contributed by atoms with Gasteiger partial charge in [0.15, 0.2) is 0 Å².